The summed E-state index contributed by atoms with van der Waals surface area (Å²) in [7, 11) is 6.37. The minimum absolute atomic E-state index is 0. The molecule has 0 saturated carbocycles. The van der Waals surface area contributed by atoms with Gasteiger partial charge in [0.15, 0.2) is 0 Å². The second-order valence-corrected chi connectivity index (χ2v) is 4.37. The van der Waals surface area contributed by atoms with Crippen molar-refractivity contribution in [1.29, 1.82) is 0 Å². The lowest BCUT2D eigenvalue weighted by Gasteiger charge is -2.21. The first-order valence-corrected chi connectivity index (χ1v) is 4.75. The Hall–Kier alpha value is -0.680. The van der Waals surface area contributed by atoms with Crippen LogP contribution in [0, 0.1) is 0 Å². The summed E-state index contributed by atoms with van der Waals surface area (Å²) in [5.74, 6) is 1.09. The van der Waals surface area contributed by atoms with E-state index in [-0.39, 0.29) is 24.0 Å². The minimum Gasteiger partial charge on any atom is -1.00 e. The van der Waals surface area contributed by atoms with Crippen molar-refractivity contribution < 1.29 is 24.0 Å². The molecular weight excluding hydrogens is 299 g/mol. The van der Waals surface area contributed by atoms with Crippen molar-refractivity contribution in [3.8, 4) is 0 Å². The maximum atomic E-state index is 4.62. The SMILES string of the molecule is C[N+](C)(C)c1ccc2ccccc2n1.[I-]. The standard InChI is InChI=1S/C12H15N2.HI/c1-14(2,3)12-9-8-10-6-4-5-7-11(10)13-12;/h4-9H,1-3H3;1H/q+1;/p-1. The third-order valence-electron chi connectivity index (χ3n) is 2.27. The van der Waals surface area contributed by atoms with Crippen LogP contribution in [-0.2, 0) is 0 Å². The zero-order valence-corrected chi connectivity index (χ0v) is 11.4. The highest BCUT2D eigenvalue weighted by Gasteiger charge is 2.13. The number of quaternary nitrogens is 1. The molecule has 0 aliphatic rings. The van der Waals surface area contributed by atoms with E-state index in [1.807, 2.05) is 12.1 Å². The first-order chi connectivity index (χ1) is 6.57. The van der Waals surface area contributed by atoms with E-state index in [4.69, 9.17) is 0 Å². The molecule has 0 N–H and O–H groups in total. The molecule has 0 fully saturated rings. The number of para-hydroxylation sites is 1. The van der Waals surface area contributed by atoms with Gasteiger partial charge in [0.1, 0.15) is 0 Å². The van der Waals surface area contributed by atoms with Gasteiger partial charge < -0.3 is 24.0 Å². The Kier molecular flexibility index (Phi) is 3.67. The number of fused-ring (bicyclic) bond motifs is 1. The molecule has 0 aliphatic carbocycles. The normalized spacial score (nSPS) is 11.1. The van der Waals surface area contributed by atoms with Gasteiger partial charge in [-0.05, 0) is 12.1 Å². The second-order valence-electron chi connectivity index (χ2n) is 4.37. The lowest BCUT2D eigenvalue weighted by Crippen LogP contribution is -3.00. The largest absolute Gasteiger partial charge is 1.00 e. The van der Waals surface area contributed by atoms with Crippen LogP contribution in [0.2, 0.25) is 0 Å². The first kappa shape index (κ1) is 12.4. The maximum absolute atomic E-state index is 4.62. The summed E-state index contributed by atoms with van der Waals surface area (Å²) in [6.07, 6.45) is 0. The molecule has 1 aromatic heterocycles. The third kappa shape index (κ3) is 2.66. The van der Waals surface area contributed by atoms with E-state index >= 15 is 0 Å². The first-order valence-electron chi connectivity index (χ1n) is 4.75. The molecule has 0 spiro atoms. The molecule has 2 rings (SSSR count). The summed E-state index contributed by atoms with van der Waals surface area (Å²) in [4.78, 5) is 4.62. The molecule has 1 heterocycles. The van der Waals surface area contributed by atoms with Crippen LogP contribution in [0.5, 0.6) is 0 Å². The minimum atomic E-state index is 0. The van der Waals surface area contributed by atoms with Gasteiger partial charge in [-0.1, -0.05) is 18.2 Å². The van der Waals surface area contributed by atoms with Crippen molar-refractivity contribution in [2.75, 3.05) is 21.1 Å². The molecule has 3 heteroatoms. The molecule has 2 nitrogen and oxygen atoms in total. The van der Waals surface area contributed by atoms with Crippen molar-refractivity contribution in [2.24, 2.45) is 0 Å². The Morgan fingerprint density at radius 3 is 2.27 bits per heavy atom. The van der Waals surface area contributed by atoms with Gasteiger partial charge in [0.25, 0.3) is 0 Å². The second kappa shape index (κ2) is 4.45. The van der Waals surface area contributed by atoms with E-state index in [9.17, 15) is 0 Å². The van der Waals surface area contributed by atoms with E-state index in [1.165, 1.54) is 5.39 Å². The predicted molar refractivity (Wildman–Crippen MR) is 61.3 cm³/mol. The fraction of sp³-hybridized carbons (Fsp3) is 0.250. The highest BCUT2D eigenvalue weighted by molar-refractivity contribution is 5.79. The van der Waals surface area contributed by atoms with Crippen molar-refractivity contribution in [1.82, 2.24) is 9.47 Å². The average Bonchev–Trinajstić information content (AvgIpc) is 2.16. The van der Waals surface area contributed by atoms with Crippen LogP contribution in [0.4, 0.5) is 5.82 Å². The van der Waals surface area contributed by atoms with E-state index in [0.29, 0.717) is 0 Å². The Morgan fingerprint density at radius 1 is 0.933 bits per heavy atom. The summed E-state index contributed by atoms with van der Waals surface area (Å²) in [5.41, 5.74) is 1.07. The fourth-order valence-corrected chi connectivity index (χ4v) is 1.43. The van der Waals surface area contributed by atoms with E-state index in [2.05, 4.69) is 50.4 Å². The van der Waals surface area contributed by atoms with Gasteiger partial charge in [-0.2, -0.15) is 4.98 Å². The van der Waals surface area contributed by atoms with Crippen molar-refractivity contribution >= 4 is 16.7 Å². The van der Waals surface area contributed by atoms with Crippen LogP contribution in [0.15, 0.2) is 36.4 Å². The highest BCUT2D eigenvalue weighted by atomic mass is 127. The van der Waals surface area contributed by atoms with Gasteiger partial charge in [0.2, 0.25) is 5.82 Å². The molecule has 0 radical (unpaired) electrons. The molecule has 0 aliphatic heterocycles. The van der Waals surface area contributed by atoms with Crippen molar-refractivity contribution in [3.05, 3.63) is 36.4 Å². The number of nitrogens with zero attached hydrogens (tertiary/aromatic N) is 2. The monoisotopic (exact) mass is 314 g/mol. The van der Waals surface area contributed by atoms with Gasteiger partial charge in [-0.15, -0.1) is 0 Å². The van der Waals surface area contributed by atoms with E-state index in [1.54, 1.807) is 0 Å². The summed E-state index contributed by atoms with van der Waals surface area (Å²) in [6, 6.07) is 12.4. The van der Waals surface area contributed by atoms with Crippen LogP contribution in [0.1, 0.15) is 0 Å². The van der Waals surface area contributed by atoms with Crippen molar-refractivity contribution in [3.63, 3.8) is 0 Å². The van der Waals surface area contributed by atoms with Crippen LogP contribution in [0.25, 0.3) is 10.9 Å². The third-order valence-corrected chi connectivity index (χ3v) is 2.27. The number of rotatable bonds is 1. The molecule has 0 bridgehead atoms. The van der Waals surface area contributed by atoms with Crippen molar-refractivity contribution in [2.45, 2.75) is 0 Å². The highest BCUT2D eigenvalue weighted by Crippen LogP contribution is 2.18. The smallest absolute Gasteiger partial charge is 0.227 e. The predicted octanol–water partition coefficient (Wildman–Crippen LogP) is -0.564. The molecule has 15 heavy (non-hydrogen) atoms. The summed E-state index contributed by atoms with van der Waals surface area (Å²) < 4.78 is 0.755. The number of aromatic nitrogens is 1. The average molecular weight is 314 g/mol. The van der Waals surface area contributed by atoms with Gasteiger partial charge in [0.05, 0.1) is 26.7 Å². The van der Waals surface area contributed by atoms with E-state index < -0.39 is 0 Å². The van der Waals surface area contributed by atoms with Crippen LogP contribution in [0.3, 0.4) is 0 Å². The molecule has 0 atom stereocenters. The molecule has 1 aromatic carbocycles. The Morgan fingerprint density at radius 2 is 1.60 bits per heavy atom. The Bertz CT molecular complexity index is 460. The molecular formula is C12H15IN2. The molecule has 0 unspecified atom stereocenters. The van der Waals surface area contributed by atoms with Gasteiger partial charge in [-0.3, -0.25) is 4.48 Å². The zero-order chi connectivity index (χ0) is 10.2. The number of benzene rings is 1. The molecule has 0 saturated heterocycles. The summed E-state index contributed by atoms with van der Waals surface area (Å²) in [5, 5.41) is 1.20. The fourth-order valence-electron chi connectivity index (χ4n) is 1.43. The number of hydrogen-bond acceptors (Lipinski definition) is 1. The maximum Gasteiger partial charge on any atom is 0.227 e. The van der Waals surface area contributed by atoms with Crippen LogP contribution >= 0.6 is 0 Å². The Balaban J connectivity index is 0.00000112. The topological polar surface area (TPSA) is 12.9 Å². The van der Waals surface area contributed by atoms with Gasteiger partial charge >= 0.3 is 0 Å². The molecule has 2 aromatic rings. The van der Waals surface area contributed by atoms with E-state index in [0.717, 1.165) is 15.8 Å². The lowest BCUT2D eigenvalue weighted by atomic mass is 10.2. The van der Waals surface area contributed by atoms with Crippen LogP contribution in [-0.4, -0.2) is 26.1 Å². The number of pyridine rings is 1. The number of halogens is 1. The Labute approximate surface area is 108 Å². The number of hydrogen-bond donors (Lipinski definition) is 0. The molecule has 0 amide bonds. The van der Waals surface area contributed by atoms with Gasteiger partial charge in [-0.25, -0.2) is 0 Å². The van der Waals surface area contributed by atoms with Gasteiger partial charge in [0, 0.05) is 11.5 Å². The quantitative estimate of drug-likeness (QED) is 0.508. The summed E-state index contributed by atoms with van der Waals surface area (Å²) >= 11 is 0. The zero-order valence-electron chi connectivity index (χ0n) is 9.24. The lowest BCUT2D eigenvalue weighted by molar-refractivity contribution is -0.00000314. The van der Waals surface area contributed by atoms with Crippen LogP contribution < -0.4 is 28.5 Å². The summed E-state index contributed by atoms with van der Waals surface area (Å²) in [6.45, 7) is 0. The molecule has 80 valence electrons.